The summed E-state index contributed by atoms with van der Waals surface area (Å²) in [5.41, 5.74) is 2.18. The van der Waals surface area contributed by atoms with Gasteiger partial charge in [0.1, 0.15) is 5.75 Å². The van der Waals surface area contributed by atoms with Gasteiger partial charge in [0.05, 0.1) is 20.8 Å². The molecule has 4 rings (SSSR count). The molecule has 2 aliphatic rings. The highest BCUT2D eigenvalue weighted by Gasteiger charge is 2.23. The summed E-state index contributed by atoms with van der Waals surface area (Å²) in [6.07, 6.45) is 5.01. The Hall–Kier alpha value is -1.52. The van der Waals surface area contributed by atoms with Crippen molar-refractivity contribution in [2.75, 3.05) is 6.61 Å². The molecular formula is C16H14ClNO2S. The average Bonchev–Trinajstić information content (AvgIpc) is 3.04. The number of aromatic nitrogens is 1. The van der Waals surface area contributed by atoms with E-state index in [1.165, 1.54) is 16.9 Å². The smallest absolute Gasteiger partial charge is 0.266 e. The zero-order valence-corrected chi connectivity index (χ0v) is 12.9. The number of benzene rings is 1. The SMILES string of the molecule is O=c1[nH]/c2s/c1=C/c1cccc(Cl)c1OCC1CC\C=2C1. The number of halogens is 1. The van der Waals surface area contributed by atoms with Gasteiger partial charge in [0.25, 0.3) is 5.56 Å². The number of ether oxygens (including phenoxy) is 1. The maximum atomic E-state index is 12.1. The van der Waals surface area contributed by atoms with Gasteiger partial charge in [-0.3, -0.25) is 4.79 Å². The second-order valence-electron chi connectivity index (χ2n) is 5.58. The number of fused-ring (bicyclic) bond motifs is 5. The van der Waals surface area contributed by atoms with Crippen LogP contribution in [0.25, 0.3) is 11.6 Å². The second-order valence-corrected chi connectivity index (χ2v) is 7.03. The number of rotatable bonds is 0. The quantitative estimate of drug-likeness (QED) is 0.809. The van der Waals surface area contributed by atoms with Gasteiger partial charge in [-0.2, -0.15) is 0 Å². The summed E-state index contributed by atoms with van der Waals surface area (Å²) in [7, 11) is 0. The summed E-state index contributed by atoms with van der Waals surface area (Å²) in [5.74, 6) is 1.18. The van der Waals surface area contributed by atoms with Gasteiger partial charge in [-0.25, -0.2) is 0 Å². The molecule has 2 heterocycles. The lowest BCUT2D eigenvalue weighted by Gasteiger charge is -2.14. The van der Waals surface area contributed by atoms with Gasteiger partial charge in [-0.15, -0.1) is 11.3 Å². The fraction of sp³-hybridized carbons (Fsp3) is 0.312. The minimum atomic E-state index is -0.0301. The Labute approximate surface area is 130 Å². The molecule has 1 aliphatic carbocycles. The highest BCUT2D eigenvalue weighted by atomic mass is 35.5. The van der Waals surface area contributed by atoms with Crippen molar-refractivity contribution >= 4 is 34.6 Å². The lowest BCUT2D eigenvalue weighted by molar-refractivity contribution is 0.254. The van der Waals surface area contributed by atoms with Crippen molar-refractivity contribution in [3.8, 4) is 5.75 Å². The Balaban J connectivity index is 2.02. The Bertz CT molecular complexity index is 880. The molecule has 0 saturated heterocycles. The van der Waals surface area contributed by atoms with Crippen molar-refractivity contribution in [2.45, 2.75) is 19.3 Å². The third-order valence-electron chi connectivity index (χ3n) is 4.12. The zero-order valence-electron chi connectivity index (χ0n) is 11.3. The zero-order chi connectivity index (χ0) is 14.4. The molecule has 1 atom stereocenters. The lowest BCUT2D eigenvalue weighted by Crippen LogP contribution is -2.20. The molecule has 3 nitrogen and oxygen atoms in total. The third-order valence-corrected chi connectivity index (χ3v) is 5.54. The van der Waals surface area contributed by atoms with Crippen molar-refractivity contribution in [2.24, 2.45) is 5.92 Å². The Morgan fingerprint density at radius 3 is 3.19 bits per heavy atom. The minimum absolute atomic E-state index is 0.0301. The summed E-state index contributed by atoms with van der Waals surface area (Å²) >= 11 is 7.81. The van der Waals surface area contributed by atoms with Crippen molar-refractivity contribution < 1.29 is 4.74 Å². The number of thiazole rings is 1. The van der Waals surface area contributed by atoms with E-state index in [2.05, 4.69) is 4.98 Å². The van der Waals surface area contributed by atoms with E-state index in [1.807, 2.05) is 24.3 Å². The second kappa shape index (κ2) is 5.04. The molecule has 1 aromatic carbocycles. The molecule has 21 heavy (non-hydrogen) atoms. The van der Waals surface area contributed by atoms with Crippen LogP contribution >= 0.6 is 22.9 Å². The molecule has 108 valence electrons. The van der Waals surface area contributed by atoms with Gasteiger partial charge < -0.3 is 9.72 Å². The molecule has 1 unspecified atom stereocenters. The van der Waals surface area contributed by atoms with Crippen LogP contribution in [0.4, 0.5) is 0 Å². The first-order valence-corrected chi connectivity index (χ1v) is 8.24. The number of hydrogen-bond acceptors (Lipinski definition) is 3. The van der Waals surface area contributed by atoms with Gasteiger partial charge in [-0.05, 0) is 42.9 Å². The van der Waals surface area contributed by atoms with Crippen LogP contribution in [0.1, 0.15) is 24.8 Å². The first kappa shape index (κ1) is 13.2. The van der Waals surface area contributed by atoms with Crippen molar-refractivity contribution in [1.29, 1.82) is 0 Å². The molecule has 1 aliphatic heterocycles. The highest BCUT2D eigenvalue weighted by molar-refractivity contribution is 7.07. The molecule has 0 amide bonds. The van der Waals surface area contributed by atoms with Gasteiger partial charge in [0, 0.05) is 5.56 Å². The molecule has 1 fully saturated rings. The van der Waals surface area contributed by atoms with Crippen LogP contribution in [0, 0.1) is 5.92 Å². The Morgan fingerprint density at radius 2 is 2.29 bits per heavy atom. The summed E-state index contributed by atoms with van der Waals surface area (Å²) in [6, 6.07) is 5.64. The van der Waals surface area contributed by atoms with E-state index in [4.69, 9.17) is 16.3 Å². The number of nitrogens with one attached hydrogen (secondary N) is 1. The summed E-state index contributed by atoms with van der Waals surface area (Å²) in [6.45, 7) is 0.676. The van der Waals surface area contributed by atoms with E-state index in [0.717, 1.165) is 29.5 Å². The van der Waals surface area contributed by atoms with Crippen molar-refractivity contribution in [1.82, 2.24) is 4.98 Å². The topological polar surface area (TPSA) is 42.1 Å². The highest BCUT2D eigenvalue weighted by Crippen LogP contribution is 2.34. The maximum absolute atomic E-state index is 12.1. The Kier molecular flexibility index (Phi) is 3.16. The fourth-order valence-electron chi connectivity index (χ4n) is 3.02. The molecule has 1 saturated carbocycles. The minimum Gasteiger partial charge on any atom is -0.491 e. The number of para-hydroxylation sites is 1. The lowest BCUT2D eigenvalue weighted by atomic mass is 10.1. The summed E-state index contributed by atoms with van der Waals surface area (Å²) in [5, 5.41) is 0.596. The monoisotopic (exact) mass is 319 g/mol. The largest absolute Gasteiger partial charge is 0.491 e. The molecule has 4 bridgehead atoms. The van der Waals surface area contributed by atoms with Crippen LogP contribution in [0.5, 0.6) is 5.75 Å². The molecule has 1 aromatic heterocycles. The maximum Gasteiger partial charge on any atom is 0.266 e. The fourth-order valence-corrected chi connectivity index (χ4v) is 4.27. The number of hydrogen-bond donors (Lipinski definition) is 1. The molecular weight excluding hydrogens is 306 g/mol. The van der Waals surface area contributed by atoms with Crippen molar-refractivity contribution in [3.05, 3.63) is 48.3 Å². The van der Waals surface area contributed by atoms with Crippen LogP contribution in [-0.2, 0) is 0 Å². The number of H-pyrrole nitrogens is 1. The van der Waals surface area contributed by atoms with E-state index < -0.39 is 0 Å². The van der Waals surface area contributed by atoms with E-state index in [-0.39, 0.29) is 5.56 Å². The molecule has 2 aromatic rings. The van der Waals surface area contributed by atoms with E-state index in [1.54, 1.807) is 0 Å². The third kappa shape index (κ3) is 2.32. The molecule has 5 heteroatoms. The number of aromatic amines is 1. The predicted octanol–water partition coefficient (Wildman–Crippen LogP) is 2.26. The van der Waals surface area contributed by atoms with Crippen LogP contribution in [0.15, 0.2) is 23.0 Å². The van der Waals surface area contributed by atoms with Crippen LogP contribution in [0.3, 0.4) is 0 Å². The first-order valence-electron chi connectivity index (χ1n) is 7.05. The average molecular weight is 320 g/mol. The van der Waals surface area contributed by atoms with Gasteiger partial charge in [-0.1, -0.05) is 23.7 Å². The van der Waals surface area contributed by atoms with Crippen LogP contribution in [-0.4, -0.2) is 11.6 Å². The van der Waals surface area contributed by atoms with Crippen molar-refractivity contribution in [3.63, 3.8) is 0 Å². The predicted molar refractivity (Wildman–Crippen MR) is 85.5 cm³/mol. The molecule has 0 radical (unpaired) electrons. The van der Waals surface area contributed by atoms with Crippen LogP contribution in [0.2, 0.25) is 5.02 Å². The van der Waals surface area contributed by atoms with Gasteiger partial charge in [0.15, 0.2) is 0 Å². The first-order chi connectivity index (χ1) is 10.2. The van der Waals surface area contributed by atoms with Crippen LogP contribution < -0.4 is 19.5 Å². The normalized spacial score (nSPS) is 24.4. The van der Waals surface area contributed by atoms with E-state index in [9.17, 15) is 4.79 Å². The summed E-state index contributed by atoms with van der Waals surface area (Å²) < 4.78 is 7.71. The Morgan fingerprint density at radius 1 is 1.38 bits per heavy atom. The van der Waals surface area contributed by atoms with Gasteiger partial charge in [0.2, 0.25) is 0 Å². The molecule has 0 spiro atoms. The van der Waals surface area contributed by atoms with E-state index >= 15 is 0 Å². The summed E-state index contributed by atoms with van der Waals surface area (Å²) in [4.78, 5) is 15.1. The van der Waals surface area contributed by atoms with E-state index in [0.29, 0.717) is 27.8 Å². The molecule has 1 N–H and O–H groups in total. The standard InChI is InChI=1S/C16H14ClNO2S/c17-12-3-1-2-10-7-13-15(19)18-16(21-13)11-5-4-9(6-11)8-20-14(10)12/h1-3,7,9H,4-6,8H2,(H,18,19)/b13-7+,16-11+. The van der Waals surface area contributed by atoms with Gasteiger partial charge >= 0.3 is 0 Å².